The van der Waals surface area contributed by atoms with Crippen molar-refractivity contribution in [1.29, 1.82) is 0 Å². The molecule has 0 spiro atoms. The average molecular weight is 301 g/mol. The molecule has 0 aromatic carbocycles. The lowest BCUT2D eigenvalue weighted by Gasteiger charge is -2.57. The van der Waals surface area contributed by atoms with Crippen molar-refractivity contribution in [2.24, 2.45) is 11.1 Å². The number of thioether (sulfide) groups is 1. The van der Waals surface area contributed by atoms with Crippen LogP contribution >= 0.6 is 11.8 Å². The van der Waals surface area contributed by atoms with Crippen LogP contribution in [0.2, 0.25) is 0 Å². The van der Waals surface area contributed by atoms with E-state index in [9.17, 15) is 0 Å². The molecule has 4 heteroatoms. The van der Waals surface area contributed by atoms with Crippen LogP contribution in [0, 0.1) is 5.41 Å². The lowest BCUT2D eigenvalue weighted by Crippen LogP contribution is -2.68. The van der Waals surface area contributed by atoms with Gasteiger partial charge in [0, 0.05) is 31.0 Å². The second-order valence-corrected chi connectivity index (χ2v) is 8.11. The van der Waals surface area contributed by atoms with Crippen LogP contribution in [0.15, 0.2) is 0 Å². The molecule has 2 saturated heterocycles. The summed E-state index contributed by atoms with van der Waals surface area (Å²) >= 11 is 2.08. The molecular formula is C16H32N2OS. The van der Waals surface area contributed by atoms with Crippen LogP contribution in [-0.2, 0) is 4.74 Å². The molecule has 0 aromatic rings. The molecule has 0 saturated carbocycles. The van der Waals surface area contributed by atoms with E-state index < -0.39 is 0 Å². The zero-order valence-corrected chi connectivity index (χ0v) is 14.3. The van der Waals surface area contributed by atoms with Crippen molar-refractivity contribution in [2.75, 3.05) is 37.7 Å². The Morgan fingerprint density at radius 1 is 1.40 bits per heavy atom. The first-order chi connectivity index (χ1) is 9.55. The Balaban J connectivity index is 2.09. The van der Waals surface area contributed by atoms with Gasteiger partial charge in [0.25, 0.3) is 0 Å². The summed E-state index contributed by atoms with van der Waals surface area (Å²) in [4.78, 5) is 2.67. The Morgan fingerprint density at radius 3 is 2.85 bits per heavy atom. The summed E-state index contributed by atoms with van der Waals surface area (Å²) in [6, 6.07) is 0. The zero-order chi connectivity index (χ0) is 14.6. The predicted molar refractivity (Wildman–Crippen MR) is 88.3 cm³/mol. The highest BCUT2D eigenvalue weighted by atomic mass is 32.2. The fraction of sp³-hybridized carbons (Fsp3) is 1.00. The highest BCUT2D eigenvalue weighted by molar-refractivity contribution is 7.99. The van der Waals surface area contributed by atoms with E-state index in [-0.39, 0.29) is 5.54 Å². The van der Waals surface area contributed by atoms with Gasteiger partial charge in [-0.1, -0.05) is 20.8 Å². The highest BCUT2D eigenvalue weighted by Crippen LogP contribution is 2.46. The summed E-state index contributed by atoms with van der Waals surface area (Å²) in [5.74, 6) is 2.45. The third-order valence-corrected chi connectivity index (χ3v) is 6.53. The molecule has 20 heavy (non-hydrogen) atoms. The normalized spacial score (nSPS) is 35.1. The number of rotatable bonds is 5. The number of nitrogens with zero attached hydrogens (tertiary/aromatic N) is 1. The Hall–Kier alpha value is 0.230. The average Bonchev–Trinajstić information content (AvgIpc) is 2.45. The monoisotopic (exact) mass is 300 g/mol. The second-order valence-electron chi connectivity index (χ2n) is 7.00. The fourth-order valence-electron chi connectivity index (χ4n) is 3.73. The molecule has 2 heterocycles. The van der Waals surface area contributed by atoms with Gasteiger partial charge in [0.1, 0.15) is 0 Å². The van der Waals surface area contributed by atoms with Gasteiger partial charge in [-0.25, -0.2) is 0 Å². The van der Waals surface area contributed by atoms with Crippen LogP contribution in [0.4, 0.5) is 0 Å². The third kappa shape index (κ3) is 3.18. The van der Waals surface area contributed by atoms with Crippen LogP contribution in [0.25, 0.3) is 0 Å². The minimum absolute atomic E-state index is 0.157. The highest BCUT2D eigenvalue weighted by Gasteiger charge is 2.50. The van der Waals surface area contributed by atoms with Gasteiger partial charge in [0.2, 0.25) is 0 Å². The van der Waals surface area contributed by atoms with Gasteiger partial charge >= 0.3 is 0 Å². The van der Waals surface area contributed by atoms with Crippen LogP contribution < -0.4 is 5.73 Å². The van der Waals surface area contributed by atoms with Crippen molar-refractivity contribution in [3.8, 4) is 0 Å². The molecule has 0 radical (unpaired) electrons. The number of nitrogens with two attached hydrogens (primary N) is 1. The van der Waals surface area contributed by atoms with Crippen molar-refractivity contribution in [3.05, 3.63) is 0 Å². The molecule has 118 valence electrons. The van der Waals surface area contributed by atoms with Gasteiger partial charge in [-0.05, 0) is 43.4 Å². The van der Waals surface area contributed by atoms with E-state index in [0.717, 1.165) is 26.1 Å². The van der Waals surface area contributed by atoms with E-state index in [0.29, 0.717) is 11.5 Å². The first-order valence-electron chi connectivity index (χ1n) is 8.20. The Kier molecular flexibility index (Phi) is 5.80. The fourth-order valence-corrected chi connectivity index (χ4v) is 5.56. The molecule has 0 amide bonds. The summed E-state index contributed by atoms with van der Waals surface area (Å²) in [5, 5.41) is 0. The largest absolute Gasteiger partial charge is 0.377 e. The summed E-state index contributed by atoms with van der Waals surface area (Å²) in [5.41, 5.74) is 6.76. The Bertz CT molecular complexity index is 311. The molecule has 2 unspecified atom stereocenters. The summed E-state index contributed by atoms with van der Waals surface area (Å²) in [6.07, 6.45) is 5.25. The molecule has 0 aromatic heterocycles. The summed E-state index contributed by atoms with van der Waals surface area (Å²) in [7, 11) is 0. The quantitative estimate of drug-likeness (QED) is 0.847. The van der Waals surface area contributed by atoms with Crippen molar-refractivity contribution < 1.29 is 4.74 Å². The van der Waals surface area contributed by atoms with Crippen molar-refractivity contribution in [3.63, 3.8) is 0 Å². The van der Waals surface area contributed by atoms with E-state index in [4.69, 9.17) is 10.5 Å². The molecule has 0 bridgehead atoms. The maximum Gasteiger partial charge on any atom is 0.0702 e. The molecular weight excluding hydrogens is 268 g/mol. The number of hydrogen-bond acceptors (Lipinski definition) is 4. The van der Waals surface area contributed by atoms with E-state index in [2.05, 4.69) is 37.4 Å². The number of hydrogen-bond donors (Lipinski definition) is 1. The zero-order valence-electron chi connectivity index (χ0n) is 13.5. The summed E-state index contributed by atoms with van der Waals surface area (Å²) in [6.45, 7) is 10.9. The molecule has 2 rings (SSSR count). The number of ether oxygens (including phenoxy) is 1. The maximum atomic E-state index is 6.29. The van der Waals surface area contributed by atoms with E-state index in [1.807, 2.05) is 0 Å². The van der Waals surface area contributed by atoms with E-state index in [1.165, 1.54) is 37.3 Å². The third-order valence-electron chi connectivity index (χ3n) is 5.35. The van der Waals surface area contributed by atoms with Crippen molar-refractivity contribution in [2.45, 2.75) is 58.1 Å². The van der Waals surface area contributed by atoms with E-state index in [1.54, 1.807) is 0 Å². The standard InChI is InChI=1S/C16H32N2OS/c1-4-9-19-14-6-5-8-18(11-14)16(12-17)13-20-10-7-15(16,2)3/h14H,4-13,17H2,1-3H3. The Morgan fingerprint density at radius 2 is 2.20 bits per heavy atom. The molecule has 2 aliphatic heterocycles. The van der Waals surface area contributed by atoms with Gasteiger partial charge in [-0.2, -0.15) is 11.8 Å². The van der Waals surface area contributed by atoms with Gasteiger partial charge in [-0.15, -0.1) is 0 Å². The maximum absolute atomic E-state index is 6.29. The number of piperidine rings is 1. The molecule has 2 N–H and O–H groups in total. The SMILES string of the molecule is CCCOC1CCCN(C2(CN)CSCCC2(C)C)C1. The molecule has 2 aliphatic rings. The van der Waals surface area contributed by atoms with Crippen LogP contribution in [-0.4, -0.2) is 54.3 Å². The predicted octanol–water partition coefficient (Wildman–Crippen LogP) is 2.74. The summed E-state index contributed by atoms with van der Waals surface area (Å²) < 4.78 is 6.02. The first kappa shape index (κ1) is 16.6. The molecule has 2 atom stereocenters. The minimum atomic E-state index is 0.157. The van der Waals surface area contributed by atoms with Gasteiger partial charge in [0.15, 0.2) is 0 Å². The molecule has 3 nitrogen and oxygen atoms in total. The van der Waals surface area contributed by atoms with Crippen LogP contribution in [0.1, 0.15) is 46.5 Å². The first-order valence-corrected chi connectivity index (χ1v) is 9.36. The van der Waals surface area contributed by atoms with E-state index >= 15 is 0 Å². The van der Waals surface area contributed by atoms with Gasteiger partial charge < -0.3 is 10.5 Å². The van der Waals surface area contributed by atoms with Gasteiger partial charge in [-0.3, -0.25) is 4.90 Å². The smallest absolute Gasteiger partial charge is 0.0702 e. The van der Waals surface area contributed by atoms with Gasteiger partial charge in [0.05, 0.1) is 6.10 Å². The topological polar surface area (TPSA) is 38.5 Å². The second kappa shape index (κ2) is 6.99. The Labute approximate surface area is 129 Å². The minimum Gasteiger partial charge on any atom is -0.377 e. The molecule has 0 aliphatic carbocycles. The van der Waals surface area contributed by atoms with Crippen LogP contribution in [0.3, 0.4) is 0 Å². The lowest BCUT2D eigenvalue weighted by atomic mass is 9.69. The lowest BCUT2D eigenvalue weighted by molar-refractivity contribution is -0.0679. The van der Waals surface area contributed by atoms with Crippen LogP contribution in [0.5, 0.6) is 0 Å². The van der Waals surface area contributed by atoms with Crippen molar-refractivity contribution >= 4 is 11.8 Å². The number of likely N-dealkylation sites (tertiary alicyclic amines) is 1. The molecule has 2 fully saturated rings. The van der Waals surface area contributed by atoms with Crippen molar-refractivity contribution in [1.82, 2.24) is 4.90 Å².